The molecule has 140 valence electrons. The lowest BCUT2D eigenvalue weighted by Gasteiger charge is -2.22. The number of benzene rings is 2. The van der Waals surface area contributed by atoms with Gasteiger partial charge in [0.1, 0.15) is 11.6 Å². The Hall–Kier alpha value is -2.70. The summed E-state index contributed by atoms with van der Waals surface area (Å²) in [6.45, 7) is 0.809. The molecule has 0 spiro atoms. The number of nitrogens with zero attached hydrogens (tertiary/aromatic N) is 2. The molecule has 2 rings (SSSR count). The highest BCUT2D eigenvalue weighted by Gasteiger charge is 2.10. The first-order valence-electron chi connectivity index (χ1n) is 8.12. The van der Waals surface area contributed by atoms with Gasteiger partial charge in [-0.05, 0) is 47.9 Å². The van der Waals surface area contributed by atoms with Gasteiger partial charge in [-0.25, -0.2) is 13.2 Å². The first kappa shape index (κ1) is 19.6. The maximum atomic E-state index is 13.8. The fraction of sp³-hybridized carbons (Fsp3) is 0.316. The predicted octanol–water partition coefficient (Wildman–Crippen LogP) is 3.36. The van der Waals surface area contributed by atoms with Gasteiger partial charge in [-0.1, -0.05) is 6.07 Å². The van der Waals surface area contributed by atoms with Gasteiger partial charge in [0.2, 0.25) is 0 Å². The quantitative estimate of drug-likeness (QED) is 0.630. The third-order valence-electron chi connectivity index (χ3n) is 3.89. The van der Waals surface area contributed by atoms with Crippen molar-refractivity contribution in [3.8, 4) is 5.75 Å². The first-order chi connectivity index (χ1) is 12.4. The average Bonchev–Trinajstić information content (AvgIpc) is 2.61. The minimum Gasteiger partial charge on any atom is -0.494 e. The highest BCUT2D eigenvalue weighted by atomic mass is 19.1. The number of hydrogen-bond donors (Lipinski definition) is 1. The summed E-state index contributed by atoms with van der Waals surface area (Å²) in [5.41, 5.74) is 1.05. The predicted molar refractivity (Wildman–Crippen MR) is 95.8 cm³/mol. The molecule has 0 heterocycles. The molecule has 0 aliphatic rings. The normalized spacial score (nSPS) is 11.4. The van der Waals surface area contributed by atoms with Crippen LogP contribution in [-0.4, -0.2) is 38.6 Å². The van der Waals surface area contributed by atoms with Crippen LogP contribution in [0, 0.1) is 17.5 Å². The van der Waals surface area contributed by atoms with Crippen LogP contribution in [0.3, 0.4) is 0 Å². The molecule has 0 radical (unpaired) electrons. The number of guanidine groups is 1. The molecule has 0 fully saturated rings. The van der Waals surface area contributed by atoms with Gasteiger partial charge in [0.15, 0.2) is 17.5 Å². The van der Waals surface area contributed by atoms with E-state index in [-0.39, 0.29) is 5.75 Å². The van der Waals surface area contributed by atoms with Crippen molar-refractivity contribution in [2.75, 3.05) is 27.7 Å². The van der Waals surface area contributed by atoms with E-state index in [9.17, 15) is 13.2 Å². The van der Waals surface area contributed by atoms with Gasteiger partial charge in [0, 0.05) is 27.2 Å². The second-order valence-corrected chi connectivity index (χ2v) is 5.78. The summed E-state index contributed by atoms with van der Waals surface area (Å²) in [6, 6.07) is 8.14. The first-order valence-corrected chi connectivity index (χ1v) is 8.12. The van der Waals surface area contributed by atoms with E-state index in [1.807, 2.05) is 4.90 Å². The molecule has 2 aromatic carbocycles. The smallest absolute Gasteiger partial charge is 0.193 e. The fourth-order valence-corrected chi connectivity index (χ4v) is 2.59. The number of halogens is 3. The summed E-state index contributed by atoms with van der Waals surface area (Å²) in [5.74, 6) is -0.577. The van der Waals surface area contributed by atoms with Gasteiger partial charge in [-0.2, -0.15) is 0 Å². The minimum atomic E-state index is -0.468. The zero-order chi connectivity index (χ0) is 19.1. The minimum absolute atomic E-state index is 0.191. The van der Waals surface area contributed by atoms with Crippen LogP contribution in [0.5, 0.6) is 5.75 Å². The highest BCUT2D eigenvalue weighted by molar-refractivity contribution is 5.79. The lowest BCUT2D eigenvalue weighted by Crippen LogP contribution is -2.39. The highest BCUT2D eigenvalue weighted by Crippen LogP contribution is 2.18. The van der Waals surface area contributed by atoms with Gasteiger partial charge in [0.25, 0.3) is 0 Å². The lowest BCUT2D eigenvalue weighted by atomic mass is 10.1. The Morgan fingerprint density at radius 2 is 1.88 bits per heavy atom. The molecule has 0 saturated carbocycles. The number of rotatable bonds is 6. The van der Waals surface area contributed by atoms with Crippen LogP contribution >= 0.6 is 0 Å². The van der Waals surface area contributed by atoms with Crippen LogP contribution in [0.1, 0.15) is 11.1 Å². The molecule has 0 aromatic heterocycles. The fourth-order valence-electron chi connectivity index (χ4n) is 2.59. The number of hydrogen-bond acceptors (Lipinski definition) is 2. The van der Waals surface area contributed by atoms with Crippen molar-refractivity contribution in [1.29, 1.82) is 0 Å². The molecule has 0 bridgehead atoms. The third-order valence-corrected chi connectivity index (χ3v) is 3.89. The van der Waals surface area contributed by atoms with E-state index in [1.165, 1.54) is 19.2 Å². The van der Waals surface area contributed by atoms with Crippen molar-refractivity contribution >= 4 is 5.96 Å². The van der Waals surface area contributed by atoms with Crippen molar-refractivity contribution in [3.63, 3.8) is 0 Å². The van der Waals surface area contributed by atoms with Crippen LogP contribution in [0.4, 0.5) is 13.2 Å². The molecule has 0 saturated heterocycles. The molecule has 2 aromatic rings. The Kier molecular flexibility index (Phi) is 6.89. The molecule has 0 unspecified atom stereocenters. The maximum absolute atomic E-state index is 13.8. The van der Waals surface area contributed by atoms with Crippen LogP contribution in [0.2, 0.25) is 0 Å². The summed E-state index contributed by atoms with van der Waals surface area (Å²) in [7, 11) is 4.84. The van der Waals surface area contributed by atoms with E-state index in [2.05, 4.69) is 10.3 Å². The Morgan fingerprint density at radius 3 is 2.54 bits per heavy atom. The molecule has 26 heavy (non-hydrogen) atoms. The van der Waals surface area contributed by atoms with Crippen LogP contribution in [0.15, 0.2) is 41.4 Å². The molecule has 1 N–H and O–H groups in total. The molecule has 0 aliphatic heterocycles. The Bertz CT molecular complexity index is 781. The van der Waals surface area contributed by atoms with Gasteiger partial charge >= 0.3 is 0 Å². The summed E-state index contributed by atoms with van der Waals surface area (Å²) in [5, 5.41) is 3.09. The topological polar surface area (TPSA) is 36.9 Å². The van der Waals surface area contributed by atoms with E-state index >= 15 is 0 Å². The van der Waals surface area contributed by atoms with Crippen molar-refractivity contribution in [1.82, 2.24) is 10.2 Å². The second-order valence-electron chi connectivity index (χ2n) is 5.78. The van der Waals surface area contributed by atoms with Crippen molar-refractivity contribution in [2.45, 2.75) is 13.0 Å². The Balaban J connectivity index is 1.93. The summed E-state index contributed by atoms with van der Waals surface area (Å²) >= 11 is 0. The summed E-state index contributed by atoms with van der Waals surface area (Å²) in [4.78, 5) is 5.97. The van der Waals surface area contributed by atoms with E-state index in [0.717, 1.165) is 17.7 Å². The van der Waals surface area contributed by atoms with Crippen LogP contribution < -0.4 is 10.1 Å². The molecule has 0 amide bonds. The summed E-state index contributed by atoms with van der Waals surface area (Å²) < 4.78 is 45.5. The van der Waals surface area contributed by atoms with Crippen molar-refractivity contribution < 1.29 is 17.9 Å². The van der Waals surface area contributed by atoms with E-state index < -0.39 is 17.5 Å². The number of methoxy groups -OCH3 is 1. The number of ether oxygens (including phenoxy) is 1. The standard InChI is InChI=1S/C19H22F3N3O/c1-23-19(24-9-8-14-11-15(20)5-6-16(14)21)25(2)12-13-4-7-18(26-3)17(22)10-13/h4-7,10-11H,8-9,12H2,1-3H3,(H,23,24). The lowest BCUT2D eigenvalue weighted by molar-refractivity contribution is 0.385. The molecule has 7 heteroatoms. The van der Waals surface area contributed by atoms with Crippen LogP contribution in [-0.2, 0) is 13.0 Å². The molecular weight excluding hydrogens is 343 g/mol. The largest absolute Gasteiger partial charge is 0.494 e. The molecule has 4 nitrogen and oxygen atoms in total. The molecule has 0 aliphatic carbocycles. The average molecular weight is 365 g/mol. The molecule has 0 atom stereocenters. The summed E-state index contributed by atoms with van der Waals surface area (Å²) in [6.07, 6.45) is 0.313. The van der Waals surface area contributed by atoms with Gasteiger partial charge in [-0.3, -0.25) is 4.99 Å². The van der Waals surface area contributed by atoms with E-state index in [0.29, 0.717) is 31.0 Å². The van der Waals surface area contributed by atoms with E-state index in [1.54, 1.807) is 26.2 Å². The van der Waals surface area contributed by atoms with Gasteiger partial charge in [0.05, 0.1) is 7.11 Å². The molecular formula is C19H22F3N3O. The van der Waals surface area contributed by atoms with Gasteiger partial charge in [-0.15, -0.1) is 0 Å². The number of aliphatic imine (C=N–C) groups is 1. The van der Waals surface area contributed by atoms with Crippen molar-refractivity contribution in [2.24, 2.45) is 4.99 Å². The van der Waals surface area contributed by atoms with E-state index in [4.69, 9.17) is 4.74 Å². The zero-order valence-corrected chi connectivity index (χ0v) is 15.0. The number of nitrogens with one attached hydrogen (secondary N) is 1. The monoisotopic (exact) mass is 365 g/mol. The van der Waals surface area contributed by atoms with Crippen LogP contribution in [0.25, 0.3) is 0 Å². The SMILES string of the molecule is CN=C(NCCc1cc(F)ccc1F)N(C)Cc1ccc(OC)c(F)c1. The second kappa shape index (κ2) is 9.12. The Morgan fingerprint density at radius 1 is 1.12 bits per heavy atom. The zero-order valence-electron chi connectivity index (χ0n) is 15.0. The van der Waals surface area contributed by atoms with Gasteiger partial charge < -0.3 is 15.0 Å². The Labute approximate surface area is 151 Å². The maximum Gasteiger partial charge on any atom is 0.193 e. The third kappa shape index (κ3) is 5.15. The van der Waals surface area contributed by atoms with Crippen molar-refractivity contribution in [3.05, 3.63) is 65.0 Å².